The van der Waals surface area contributed by atoms with Crippen LogP contribution in [-0.2, 0) is 0 Å². The lowest BCUT2D eigenvalue weighted by Crippen LogP contribution is -2.28. The molecule has 0 aliphatic carbocycles. The highest BCUT2D eigenvalue weighted by Gasteiger charge is 2.16. The number of hydrogen-bond donors (Lipinski definition) is 1. The first-order chi connectivity index (χ1) is 8.06. The molecule has 96 valence electrons. The third-order valence-electron chi connectivity index (χ3n) is 2.57. The van der Waals surface area contributed by atoms with E-state index in [4.69, 9.17) is 0 Å². The molecule has 1 aromatic heterocycles. The van der Waals surface area contributed by atoms with E-state index in [0.29, 0.717) is 5.82 Å². The average molecular weight is 243 g/mol. The number of alkyl halides is 2. The highest BCUT2D eigenvalue weighted by atomic mass is 19.3. The van der Waals surface area contributed by atoms with Crippen molar-refractivity contribution >= 4 is 5.82 Å². The van der Waals surface area contributed by atoms with Crippen LogP contribution in [0.5, 0.6) is 0 Å². The van der Waals surface area contributed by atoms with Crippen LogP contribution in [0.4, 0.5) is 14.6 Å². The molecule has 1 atom stereocenters. The van der Waals surface area contributed by atoms with Crippen molar-refractivity contribution in [1.29, 1.82) is 0 Å². The Balaban J connectivity index is 2.90. The van der Waals surface area contributed by atoms with E-state index in [-0.39, 0.29) is 12.6 Å². The lowest BCUT2D eigenvalue weighted by molar-refractivity contribution is 0.156. The molecule has 1 unspecified atom stereocenters. The molecule has 3 nitrogen and oxygen atoms in total. The van der Waals surface area contributed by atoms with Crippen LogP contribution in [0.1, 0.15) is 25.5 Å². The van der Waals surface area contributed by atoms with Gasteiger partial charge in [-0.15, -0.1) is 0 Å². The van der Waals surface area contributed by atoms with Crippen LogP contribution in [0, 0.1) is 0 Å². The lowest BCUT2D eigenvalue weighted by Gasteiger charge is -2.23. The predicted octanol–water partition coefficient (Wildman–Crippen LogP) is 2.45. The number of halogens is 2. The first-order valence-corrected chi connectivity index (χ1v) is 5.73. The van der Waals surface area contributed by atoms with Gasteiger partial charge in [0.05, 0.1) is 6.54 Å². The van der Waals surface area contributed by atoms with Crippen molar-refractivity contribution in [2.24, 2.45) is 0 Å². The van der Waals surface area contributed by atoms with Crippen LogP contribution in [0.2, 0.25) is 0 Å². The van der Waals surface area contributed by atoms with E-state index in [1.807, 2.05) is 26.0 Å². The number of rotatable bonds is 6. The molecule has 1 heterocycles. The minimum atomic E-state index is -2.36. The van der Waals surface area contributed by atoms with Gasteiger partial charge in [-0.3, -0.25) is 0 Å². The maximum Gasteiger partial charge on any atom is 0.255 e. The van der Waals surface area contributed by atoms with Gasteiger partial charge in [0.2, 0.25) is 0 Å². The molecule has 0 radical (unpaired) electrons. The van der Waals surface area contributed by atoms with Crippen molar-refractivity contribution in [3.63, 3.8) is 0 Å². The topological polar surface area (TPSA) is 28.2 Å². The number of nitrogens with zero attached hydrogens (tertiary/aromatic N) is 2. The normalized spacial score (nSPS) is 12.8. The molecule has 0 saturated heterocycles. The van der Waals surface area contributed by atoms with Crippen LogP contribution in [0.3, 0.4) is 0 Å². The molecule has 0 aliphatic heterocycles. The summed E-state index contributed by atoms with van der Waals surface area (Å²) in [5.41, 5.74) is 0.942. The predicted molar refractivity (Wildman–Crippen MR) is 65.6 cm³/mol. The number of hydrogen-bond acceptors (Lipinski definition) is 3. The zero-order valence-electron chi connectivity index (χ0n) is 10.5. The monoisotopic (exact) mass is 243 g/mol. The second-order valence-electron chi connectivity index (χ2n) is 3.97. The Hall–Kier alpha value is -1.23. The van der Waals surface area contributed by atoms with Crippen molar-refractivity contribution in [3.8, 4) is 0 Å². The summed E-state index contributed by atoms with van der Waals surface area (Å²) in [4.78, 5) is 5.68. The highest BCUT2D eigenvalue weighted by Crippen LogP contribution is 2.23. The van der Waals surface area contributed by atoms with Crippen LogP contribution in [-0.4, -0.2) is 31.5 Å². The van der Waals surface area contributed by atoms with Gasteiger partial charge >= 0.3 is 0 Å². The fourth-order valence-electron chi connectivity index (χ4n) is 1.78. The van der Waals surface area contributed by atoms with Gasteiger partial charge < -0.3 is 10.2 Å². The highest BCUT2D eigenvalue weighted by molar-refractivity contribution is 5.47. The summed E-state index contributed by atoms with van der Waals surface area (Å²) in [7, 11) is 1.64. The quantitative estimate of drug-likeness (QED) is 0.832. The van der Waals surface area contributed by atoms with Gasteiger partial charge in [0.1, 0.15) is 5.82 Å². The zero-order valence-corrected chi connectivity index (χ0v) is 10.5. The maximum absolute atomic E-state index is 12.4. The van der Waals surface area contributed by atoms with E-state index in [9.17, 15) is 8.78 Å². The number of aromatic nitrogens is 1. The summed E-state index contributed by atoms with van der Waals surface area (Å²) in [6.07, 6.45) is -0.733. The SMILES string of the molecule is CCNC(C)c1cccnc1N(C)CC(F)F. The van der Waals surface area contributed by atoms with Gasteiger partial charge in [0.15, 0.2) is 0 Å². The second kappa shape index (κ2) is 6.49. The Kier molecular flexibility index (Phi) is 5.28. The molecule has 0 bridgehead atoms. The van der Waals surface area contributed by atoms with Gasteiger partial charge in [0, 0.05) is 24.8 Å². The lowest BCUT2D eigenvalue weighted by atomic mass is 10.1. The van der Waals surface area contributed by atoms with Crippen molar-refractivity contribution < 1.29 is 8.78 Å². The Morgan fingerprint density at radius 3 is 2.76 bits per heavy atom. The Morgan fingerprint density at radius 1 is 1.47 bits per heavy atom. The average Bonchev–Trinajstić information content (AvgIpc) is 2.28. The Morgan fingerprint density at radius 2 is 2.18 bits per heavy atom. The molecule has 17 heavy (non-hydrogen) atoms. The largest absolute Gasteiger partial charge is 0.354 e. The molecular formula is C12H19F2N3. The van der Waals surface area contributed by atoms with Gasteiger partial charge in [-0.2, -0.15) is 0 Å². The maximum atomic E-state index is 12.4. The second-order valence-corrected chi connectivity index (χ2v) is 3.97. The van der Waals surface area contributed by atoms with Gasteiger partial charge in [-0.05, 0) is 19.5 Å². The fourth-order valence-corrected chi connectivity index (χ4v) is 1.78. The van der Waals surface area contributed by atoms with Crippen molar-refractivity contribution in [1.82, 2.24) is 10.3 Å². The first kappa shape index (κ1) is 13.8. The fraction of sp³-hybridized carbons (Fsp3) is 0.583. The zero-order chi connectivity index (χ0) is 12.8. The Bertz CT molecular complexity index is 344. The molecule has 0 fully saturated rings. The van der Waals surface area contributed by atoms with Gasteiger partial charge in [0.25, 0.3) is 6.43 Å². The standard InChI is InChI=1S/C12H19F2N3/c1-4-15-9(2)10-6-5-7-16-12(10)17(3)8-11(13)14/h5-7,9,11,15H,4,8H2,1-3H3. The van der Waals surface area contributed by atoms with E-state index in [1.54, 1.807) is 13.2 Å². The smallest absolute Gasteiger partial charge is 0.255 e. The number of pyridine rings is 1. The number of anilines is 1. The molecule has 1 N–H and O–H groups in total. The molecule has 0 saturated carbocycles. The third-order valence-corrected chi connectivity index (χ3v) is 2.57. The molecule has 0 spiro atoms. The van der Waals surface area contributed by atoms with E-state index in [0.717, 1.165) is 12.1 Å². The van der Waals surface area contributed by atoms with E-state index in [2.05, 4.69) is 10.3 Å². The molecule has 0 aromatic carbocycles. The van der Waals surface area contributed by atoms with Crippen molar-refractivity contribution in [2.75, 3.05) is 25.0 Å². The summed E-state index contributed by atoms with van der Waals surface area (Å²) < 4.78 is 24.7. The molecule has 1 aromatic rings. The summed E-state index contributed by atoms with van der Waals surface area (Å²) in [6, 6.07) is 3.84. The van der Waals surface area contributed by atoms with E-state index < -0.39 is 6.43 Å². The first-order valence-electron chi connectivity index (χ1n) is 5.73. The molecular weight excluding hydrogens is 224 g/mol. The van der Waals surface area contributed by atoms with Crippen LogP contribution >= 0.6 is 0 Å². The molecule has 0 amide bonds. The van der Waals surface area contributed by atoms with Crippen LogP contribution in [0.15, 0.2) is 18.3 Å². The summed E-state index contributed by atoms with van der Waals surface area (Å²) in [5, 5.41) is 3.26. The van der Waals surface area contributed by atoms with Gasteiger partial charge in [-0.1, -0.05) is 13.0 Å². The summed E-state index contributed by atoms with van der Waals surface area (Å²) in [5.74, 6) is 0.612. The van der Waals surface area contributed by atoms with Crippen molar-refractivity contribution in [2.45, 2.75) is 26.3 Å². The van der Waals surface area contributed by atoms with Gasteiger partial charge in [-0.25, -0.2) is 13.8 Å². The van der Waals surface area contributed by atoms with E-state index >= 15 is 0 Å². The minimum absolute atomic E-state index is 0.101. The third kappa shape index (κ3) is 3.93. The number of nitrogens with one attached hydrogen (secondary N) is 1. The Labute approximate surface area is 101 Å². The summed E-state index contributed by atoms with van der Waals surface area (Å²) >= 11 is 0. The molecule has 5 heteroatoms. The summed E-state index contributed by atoms with van der Waals surface area (Å²) in [6.45, 7) is 4.53. The minimum Gasteiger partial charge on any atom is -0.354 e. The molecule has 1 rings (SSSR count). The van der Waals surface area contributed by atoms with Crippen molar-refractivity contribution in [3.05, 3.63) is 23.9 Å². The molecule has 0 aliphatic rings. The van der Waals surface area contributed by atoms with Crippen LogP contribution < -0.4 is 10.2 Å². The van der Waals surface area contributed by atoms with Crippen LogP contribution in [0.25, 0.3) is 0 Å². The van der Waals surface area contributed by atoms with E-state index in [1.165, 1.54) is 4.90 Å².